The molecule has 0 bridgehead atoms. The molecule has 8 heterocycles. The summed E-state index contributed by atoms with van der Waals surface area (Å²) < 4.78 is 18.6. The van der Waals surface area contributed by atoms with Gasteiger partial charge in [0.2, 0.25) is 11.4 Å². The minimum Gasteiger partial charge on any atom is -0.237 e. The molecule has 0 saturated carbocycles. The zero-order chi connectivity index (χ0) is 70.0. The van der Waals surface area contributed by atoms with Crippen LogP contribution in [0.4, 0.5) is 0 Å². The second-order valence-corrected chi connectivity index (χ2v) is 27.7. The fourth-order valence-electron chi connectivity index (χ4n) is 16.0. The summed E-state index contributed by atoms with van der Waals surface area (Å²) in [6.07, 6.45) is 4.34. The van der Waals surface area contributed by atoms with E-state index in [1.165, 1.54) is 177 Å². The molecular weight excluding hydrogens is 1240 g/mol. The minimum atomic E-state index is 0.513. The number of aryl methyl sites for hydroxylation is 9. The maximum Gasteiger partial charge on any atom is 0.286 e. The molecule has 8 heteroatoms. The predicted molar refractivity (Wildman–Crippen MR) is 425 cm³/mol. The number of fused-ring (bicyclic) bond motifs is 18. The van der Waals surface area contributed by atoms with Gasteiger partial charge in [0.25, 0.3) is 11.6 Å². The highest BCUT2D eigenvalue weighted by atomic mass is 15.4. The first-order valence-corrected chi connectivity index (χ1v) is 35.5. The van der Waals surface area contributed by atoms with Crippen molar-refractivity contribution in [3.05, 3.63) is 337 Å². The topological polar surface area (TPSA) is 34.2 Å². The zero-order valence-electron chi connectivity index (χ0n) is 60.0. The Bertz CT molecular complexity index is 6450. The molecule has 0 amide bonds. The number of rotatable bonds is 6. The molecule has 0 aliphatic carbocycles. The standard InChI is InChI=1S/C29H23N2.C23H19N2.C22H23N2.C20H19N2/c1-20-12-11-19-24-23-17-9-10-18-25(23)29-26(21-13-5-3-6-14-21)28(22-15-7-4-8-16-22)30(2)31(29)27(20)24;1-16-9-8-14-20-18-12-6-7-13-19(18)22-15-21(17-10-4-3-5-11-17)24(2)25(22)23(16)20;1-15(2)17-12-13-23(4)21(14-17)24-20-11-6-5-9-18(20)19-10-7-8-16(3)22(19)24;1-14-11-12-19(21(3)13-14)22-18-10-5-4-8-16(18)17-9-6-7-15(2)20(17)22/h3-19H,1-2H3;3-15H,1-2H3;5-15H,1-4H3;4-13H,1-3H3/q4*+1. The highest BCUT2D eigenvalue weighted by Gasteiger charge is 2.31. The molecule has 8 nitrogen and oxygen atoms in total. The molecule has 0 aliphatic rings. The van der Waals surface area contributed by atoms with Gasteiger partial charge in [-0.15, -0.1) is 18.4 Å². The zero-order valence-corrected chi connectivity index (χ0v) is 60.0. The van der Waals surface area contributed by atoms with Crippen molar-refractivity contribution in [2.24, 2.45) is 28.2 Å². The number of pyridine rings is 4. The van der Waals surface area contributed by atoms with Crippen LogP contribution in [0.1, 0.15) is 53.1 Å². The van der Waals surface area contributed by atoms with Crippen LogP contribution in [0.3, 0.4) is 0 Å². The summed E-state index contributed by atoms with van der Waals surface area (Å²) in [4.78, 5) is 0. The van der Waals surface area contributed by atoms with Gasteiger partial charge in [0, 0.05) is 72.4 Å². The van der Waals surface area contributed by atoms with Gasteiger partial charge >= 0.3 is 0 Å². The molecular formula is C94H84N8+4. The fraction of sp³-hybridized carbons (Fsp3) is 0.128. The maximum absolute atomic E-state index is 2.41. The van der Waals surface area contributed by atoms with Crippen molar-refractivity contribution in [1.29, 1.82) is 0 Å². The average molecular weight is 1330 g/mol. The molecule has 19 rings (SSSR count). The molecule has 0 atom stereocenters. The molecule has 0 radical (unpaired) electrons. The van der Waals surface area contributed by atoms with E-state index in [0.29, 0.717) is 5.92 Å². The van der Waals surface area contributed by atoms with Crippen LogP contribution < -0.4 is 18.5 Å². The lowest BCUT2D eigenvalue weighted by atomic mass is 9.96. The van der Waals surface area contributed by atoms with Crippen molar-refractivity contribution in [3.8, 4) is 45.3 Å². The summed E-state index contributed by atoms with van der Waals surface area (Å²) in [5.41, 5.74) is 25.4. The third-order valence-corrected chi connectivity index (χ3v) is 20.8. The predicted octanol–water partition coefficient (Wildman–Crippen LogP) is 21.0. The van der Waals surface area contributed by atoms with Gasteiger partial charge in [-0.2, -0.15) is 9.13 Å². The lowest BCUT2D eigenvalue weighted by Gasteiger charge is -2.09. The third-order valence-electron chi connectivity index (χ3n) is 20.8. The van der Waals surface area contributed by atoms with Crippen LogP contribution in [0.5, 0.6) is 0 Å². The van der Waals surface area contributed by atoms with E-state index >= 15 is 0 Å². The first-order chi connectivity index (χ1) is 49.7. The summed E-state index contributed by atoms with van der Waals surface area (Å²) in [7, 11) is 8.57. The lowest BCUT2D eigenvalue weighted by Crippen LogP contribution is -2.37. The molecule has 0 spiro atoms. The SMILES string of the molecule is Cc1ccc(-n2c3ccccc3c3cccc(C)c32)[n+](C)c1.Cc1cccc2c3ccccc3c3c(-c4ccccc4)c(-c4ccccc4)[n+](C)n3c12.Cc1cccc2c3ccccc3c3cc(-c4ccccc4)[n+](C)n3c12.Cc1cccc2c3ccccc3n(-c3cc(C(C)C)cc[n+]3C)c12. The van der Waals surface area contributed by atoms with Gasteiger partial charge in [0.05, 0.1) is 32.1 Å². The van der Waals surface area contributed by atoms with Gasteiger partial charge in [0.1, 0.15) is 44.1 Å². The normalized spacial score (nSPS) is 11.6. The van der Waals surface area contributed by atoms with Crippen molar-refractivity contribution in [3.63, 3.8) is 0 Å². The van der Waals surface area contributed by atoms with Crippen LogP contribution in [0, 0.1) is 34.6 Å². The Labute approximate surface area is 595 Å². The van der Waals surface area contributed by atoms with Crippen LogP contribution in [-0.4, -0.2) is 18.2 Å². The number of aromatic nitrogens is 8. The van der Waals surface area contributed by atoms with E-state index in [2.05, 4.69) is 417 Å². The van der Waals surface area contributed by atoms with Crippen LogP contribution >= 0.6 is 0 Å². The van der Waals surface area contributed by atoms with Gasteiger partial charge in [-0.25, -0.2) is 9.13 Å². The summed E-state index contributed by atoms with van der Waals surface area (Å²) in [6.45, 7) is 15.4. The van der Waals surface area contributed by atoms with Crippen molar-refractivity contribution in [2.75, 3.05) is 0 Å². The second kappa shape index (κ2) is 26.4. The molecule has 11 aromatic carbocycles. The first kappa shape index (κ1) is 64.4. The Morgan fingerprint density at radius 3 is 1.22 bits per heavy atom. The number of para-hydroxylation sites is 6. The van der Waals surface area contributed by atoms with Gasteiger partial charge in [-0.3, -0.25) is 0 Å². The Morgan fingerprint density at radius 1 is 0.294 bits per heavy atom. The fourth-order valence-corrected chi connectivity index (χ4v) is 16.0. The molecule has 0 aliphatic heterocycles. The molecule has 19 aromatic rings. The summed E-state index contributed by atoms with van der Waals surface area (Å²) in [5.74, 6) is 2.91. The van der Waals surface area contributed by atoms with Crippen LogP contribution in [0.25, 0.3) is 143 Å². The molecule has 0 unspecified atom stereocenters. The molecule has 0 saturated heterocycles. The van der Waals surface area contributed by atoms with Crippen molar-refractivity contribution in [1.82, 2.24) is 18.2 Å². The summed E-state index contributed by atoms with van der Waals surface area (Å²) in [6, 6.07) is 104. The van der Waals surface area contributed by atoms with Gasteiger partial charge in [0.15, 0.2) is 14.1 Å². The van der Waals surface area contributed by atoms with Crippen LogP contribution in [0.2, 0.25) is 0 Å². The summed E-state index contributed by atoms with van der Waals surface area (Å²) in [5, 5.41) is 13.0. The summed E-state index contributed by atoms with van der Waals surface area (Å²) >= 11 is 0. The first-order valence-electron chi connectivity index (χ1n) is 35.5. The van der Waals surface area contributed by atoms with Crippen molar-refractivity contribution >= 4 is 98.0 Å². The highest BCUT2D eigenvalue weighted by Crippen LogP contribution is 2.42. The van der Waals surface area contributed by atoms with Crippen LogP contribution in [0.15, 0.2) is 304 Å². The quantitative estimate of drug-likeness (QED) is 0.117. The average Bonchev–Trinajstić information content (AvgIpc) is 1.53. The Kier molecular flexibility index (Phi) is 16.7. The van der Waals surface area contributed by atoms with Crippen molar-refractivity contribution < 1.29 is 18.5 Å². The number of hydrogen-bond donors (Lipinski definition) is 0. The van der Waals surface area contributed by atoms with E-state index < -0.39 is 0 Å². The van der Waals surface area contributed by atoms with Gasteiger partial charge in [-0.05, 0) is 163 Å². The third kappa shape index (κ3) is 10.9. The smallest absolute Gasteiger partial charge is 0.237 e. The van der Waals surface area contributed by atoms with Gasteiger partial charge in [-0.1, -0.05) is 214 Å². The van der Waals surface area contributed by atoms with Crippen LogP contribution in [-0.2, 0) is 28.2 Å². The molecule has 0 N–H and O–H groups in total. The molecule has 496 valence electrons. The Balaban J connectivity index is 0.000000106. The molecule has 0 fully saturated rings. The van der Waals surface area contributed by atoms with E-state index in [1.54, 1.807) is 0 Å². The highest BCUT2D eigenvalue weighted by molar-refractivity contribution is 6.18. The Morgan fingerprint density at radius 2 is 0.696 bits per heavy atom. The van der Waals surface area contributed by atoms with Crippen molar-refractivity contribution in [2.45, 2.75) is 54.4 Å². The van der Waals surface area contributed by atoms with E-state index in [0.717, 1.165) is 0 Å². The monoisotopic (exact) mass is 1320 g/mol. The largest absolute Gasteiger partial charge is 0.286 e. The molecule has 8 aromatic heterocycles. The minimum absolute atomic E-state index is 0.513. The number of benzene rings is 11. The van der Waals surface area contributed by atoms with E-state index in [9.17, 15) is 0 Å². The lowest BCUT2D eigenvalue weighted by molar-refractivity contribution is -0.725. The maximum atomic E-state index is 2.41. The van der Waals surface area contributed by atoms with Gasteiger partial charge < -0.3 is 0 Å². The van der Waals surface area contributed by atoms with E-state index in [1.807, 2.05) is 0 Å². The Hall–Kier alpha value is -12.3. The van der Waals surface area contributed by atoms with E-state index in [4.69, 9.17) is 0 Å². The second-order valence-electron chi connectivity index (χ2n) is 27.7. The number of hydrogen-bond acceptors (Lipinski definition) is 0. The molecule has 102 heavy (non-hydrogen) atoms. The van der Waals surface area contributed by atoms with E-state index in [-0.39, 0.29) is 0 Å². The number of nitrogens with zero attached hydrogens (tertiary/aromatic N) is 8.